The average molecular weight is 255 g/mol. The third-order valence-electron chi connectivity index (χ3n) is 2.27. The number of aliphatic hydroxyl groups excluding tert-OH is 1. The largest absolute Gasteiger partial charge is 0.396 e. The number of hydrogen-bond donors (Lipinski definition) is 3. The highest BCUT2D eigenvalue weighted by molar-refractivity contribution is 5.94. The van der Waals surface area contributed by atoms with Crippen molar-refractivity contribution in [2.24, 2.45) is 5.92 Å². The van der Waals surface area contributed by atoms with Gasteiger partial charge in [-0.2, -0.15) is 0 Å². The van der Waals surface area contributed by atoms with Gasteiger partial charge in [-0.05, 0) is 5.92 Å². The summed E-state index contributed by atoms with van der Waals surface area (Å²) in [5.41, 5.74) is -1.39. The molecular weight excluding hydrogens is 242 g/mol. The lowest BCUT2D eigenvalue weighted by molar-refractivity contribution is -0.385. The molecule has 98 valence electrons. The summed E-state index contributed by atoms with van der Waals surface area (Å²) < 4.78 is 0. The molecule has 0 aromatic carbocycles. The van der Waals surface area contributed by atoms with E-state index in [-0.39, 0.29) is 30.3 Å². The molecule has 0 fully saturated rings. The van der Waals surface area contributed by atoms with E-state index in [1.807, 2.05) is 0 Å². The first kappa shape index (κ1) is 13.8. The number of aliphatic hydroxyl groups is 1. The van der Waals surface area contributed by atoms with Crippen LogP contribution in [-0.2, 0) is 0 Å². The second-order valence-electron chi connectivity index (χ2n) is 3.86. The number of nitrogens with zero attached hydrogens (tertiary/aromatic N) is 1. The molecule has 1 rings (SSSR count). The molecule has 8 nitrogen and oxygen atoms in total. The molecule has 0 aliphatic rings. The van der Waals surface area contributed by atoms with Crippen LogP contribution in [-0.4, -0.2) is 34.1 Å². The normalized spacial score (nSPS) is 11.9. The second kappa shape index (κ2) is 5.92. The monoisotopic (exact) mass is 255 g/mol. The Morgan fingerprint density at radius 3 is 2.89 bits per heavy atom. The van der Waals surface area contributed by atoms with Gasteiger partial charge in [-0.25, -0.2) is 0 Å². The van der Waals surface area contributed by atoms with E-state index in [0.29, 0.717) is 0 Å². The number of amides is 1. The van der Waals surface area contributed by atoms with Crippen LogP contribution in [0.1, 0.15) is 17.3 Å². The molecule has 0 aliphatic heterocycles. The van der Waals surface area contributed by atoms with E-state index < -0.39 is 16.4 Å². The van der Waals surface area contributed by atoms with E-state index in [1.54, 1.807) is 6.92 Å². The topological polar surface area (TPSA) is 125 Å². The summed E-state index contributed by atoms with van der Waals surface area (Å²) in [6.07, 6.45) is 0.926. The molecule has 3 N–H and O–H groups in total. The number of aromatic amines is 1. The molecule has 1 aromatic rings. The minimum absolute atomic E-state index is 0.106. The summed E-state index contributed by atoms with van der Waals surface area (Å²) in [6.45, 7) is 1.78. The first-order chi connectivity index (χ1) is 8.45. The van der Waals surface area contributed by atoms with Crippen molar-refractivity contribution >= 4 is 11.6 Å². The lowest BCUT2D eigenvalue weighted by Gasteiger charge is -2.08. The first-order valence-corrected chi connectivity index (χ1v) is 5.22. The van der Waals surface area contributed by atoms with Crippen LogP contribution in [0.15, 0.2) is 17.1 Å². The molecule has 0 spiro atoms. The second-order valence-corrected chi connectivity index (χ2v) is 3.86. The number of H-pyrrole nitrogens is 1. The summed E-state index contributed by atoms with van der Waals surface area (Å²) in [7, 11) is 0. The Bertz CT molecular complexity index is 510. The smallest absolute Gasteiger partial charge is 0.286 e. The molecule has 0 saturated carbocycles. The predicted molar refractivity (Wildman–Crippen MR) is 62.3 cm³/mol. The van der Waals surface area contributed by atoms with Gasteiger partial charge in [0.15, 0.2) is 0 Å². The van der Waals surface area contributed by atoms with E-state index in [4.69, 9.17) is 5.11 Å². The quantitative estimate of drug-likeness (QED) is 0.489. The molecule has 1 heterocycles. The van der Waals surface area contributed by atoms with Crippen molar-refractivity contribution < 1.29 is 14.8 Å². The van der Waals surface area contributed by atoms with Crippen LogP contribution in [0, 0.1) is 16.0 Å². The van der Waals surface area contributed by atoms with E-state index >= 15 is 0 Å². The van der Waals surface area contributed by atoms with Gasteiger partial charge < -0.3 is 15.4 Å². The zero-order chi connectivity index (χ0) is 13.7. The number of carbonyl (C=O) groups excluding carboxylic acids is 1. The SMILES string of the molecule is CC(CO)CNC(=O)c1cc([N+](=O)[O-])c[nH]c1=O. The molecule has 0 saturated heterocycles. The summed E-state index contributed by atoms with van der Waals surface area (Å²) in [6, 6.07) is 0.914. The van der Waals surface area contributed by atoms with Crippen LogP contribution in [0.5, 0.6) is 0 Å². The molecule has 0 aliphatic carbocycles. The fourth-order valence-corrected chi connectivity index (χ4v) is 1.17. The molecule has 0 bridgehead atoms. The van der Waals surface area contributed by atoms with Gasteiger partial charge >= 0.3 is 0 Å². The molecule has 0 radical (unpaired) electrons. The maximum Gasteiger partial charge on any atom is 0.286 e. The van der Waals surface area contributed by atoms with Gasteiger partial charge in [0, 0.05) is 19.2 Å². The van der Waals surface area contributed by atoms with E-state index in [1.165, 1.54) is 0 Å². The Kier molecular flexibility index (Phi) is 4.55. The number of carbonyl (C=O) groups is 1. The van der Waals surface area contributed by atoms with Gasteiger partial charge in [0.25, 0.3) is 17.2 Å². The van der Waals surface area contributed by atoms with Crippen molar-refractivity contribution in [3.8, 4) is 0 Å². The summed E-state index contributed by atoms with van der Waals surface area (Å²) >= 11 is 0. The molecule has 1 amide bonds. The Morgan fingerprint density at radius 1 is 1.67 bits per heavy atom. The first-order valence-electron chi connectivity index (χ1n) is 5.22. The van der Waals surface area contributed by atoms with Crippen molar-refractivity contribution in [2.45, 2.75) is 6.92 Å². The van der Waals surface area contributed by atoms with Crippen LogP contribution < -0.4 is 10.9 Å². The maximum atomic E-state index is 11.6. The van der Waals surface area contributed by atoms with Crippen LogP contribution in [0.25, 0.3) is 0 Å². The number of nitro groups is 1. The minimum Gasteiger partial charge on any atom is -0.396 e. The molecule has 1 atom stereocenters. The third kappa shape index (κ3) is 3.39. The summed E-state index contributed by atoms with van der Waals surface area (Å²) in [4.78, 5) is 34.9. The number of pyridine rings is 1. The zero-order valence-corrected chi connectivity index (χ0v) is 9.67. The lowest BCUT2D eigenvalue weighted by Crippen LogP contribution is -2.33. The number of rotatable bonds is 5. The Morgan fingerprint density at radius 2 is 2.33 bits per heavy atom. The Hall–Kier alpha value is -2.22. The van der Waals surface area contributed by atoms with Crippen LogP contribution in [0.4, 0.5) is 5.69 Å². The molecule has 1 unspecified atom stereocenters. The summed E-state index contributed by atoms with van der Waals surface area (Å²) in [5.74, 6) is -0.869. The number of hydrogen-bond acceptors (Lipinski definition) is 5. The van der Waals surface area contributed by atoms with Crippen LogP contribution in [0.2, 0.25) is 0 Å². The van der Waals surface area contributed by atoms with Crippen LogP contribution >= 0.6 is 0 Å². The van der Waals surface area contributed by atoms with Crippen molar-refractivity contribution in [3.05, 3.63) is 38.3 Å². The van der Waals surface area contributed by atoms with Crippen LogP contribution in [0.3, 0.4) is 0 Å². The van der Waals surface area contributed by atoms with Gasteiger partial charge in [-0.15, -0.1) is 0 Å². The van der Waals surface area contributed by atoms with Crippen molar-refractivity contribution in [1.82, 2.24) is 10.3 Å². The molecule has 8 heteroatoms. The third-order valence-corrected chi connectivity index (χ3v) is 2.27. The van der Waals surface area contributed by atoms with Crippen molar-refractivity contribution in [1.29, 1.82) is 0 Å². The molecule has 1 aromatic heterocycles. The number of nitrogens with one attached hydrogen (secondary N) is 2. The van der Waals surface area contributed by atoms with E-state index in [2.05, 4.69) is 10.3 Å². The average Bonchev–Trinajstić information content (AvgIpc) is 2.35. The standard InChI is InChI=1S/C10H13N3O5/c1-6(5-14)3-11-9(15)8-2-7(13(17)18)4-12-10(8)16/h2,4,6,14H,3,5H2,1H3,(H,11,15)(H,12,16). The lowest BCUT2D eigenvalue weighted by atomic mass is 10.2. The van der Waals surface area contributed by atoms with Gasteiger partial charge in [0.05, 0.1) is 11.1 Å². The Balaban J connectivity index is 2.88. The fourth-order valence-electron chi connectivity index (χ4n) is 1.17. The van der Waals surface area contributed by atoms with Gasteiger partial charge in [-0.3, -0.25) is 19.7 Å². The van der Waals surface area contributed by atoms with Gasteiger partial charge in [0.2, 0.25) is 0 Å². The van der Waals surface area contributed by atoms with Gasteiger partial charge in [-0.1, -0.05) is 6.92 Å². The maximum absolute atomic E-state index is 11.6. The highest BCUT2D eigenvalue weighted by Gasteiger charge is 2.16. The Labute approximate surface area is 102 Å². The van der Waals surface area contributed by atoms with Crippen molar-refractivity contribution in [3.63, 3.8) is 0 Å². The van der Waals surface area contributed by atoms with E-state index in [0.717, 1.165) is 12.3 Å². The minimum atomic E-state index is -0.708. The fraction of sp³-hybridized carbons (Fsp3) is 0.400. The summed E-state index contributed by atoms with van der Waals surface area (Å²) in [5, 5.41) is 21.7. The predicted octanol–water partition coefficient (Wildman–Crippen LogP) is -0.359. The highest BCUT2D eigenvalue weighted by atomic mass is 16.6. The number of aromatic nitrogens is 1. The molecule has 18 heavy (non-hydrogen) atoms. The zero-order valence-electron chi connectivity index (χ0n) is 9.67. The van der Waals surface area contributed by atoms with Gasteiger partial charge in [0.1, 0.15) is 5.56 Å². The highest BCUT2D eigenvalue weighted by Crippen LogP contribution is 2.08. The van der Waals surface area contributed by atoms with E-state index in [9.17, 15) is 19.7 Å². The van der Waals surface area contributed by atoms with Crippen molar-refractivity contribution in [2.75, 3.05) is 13.2 Å². The molecular formula is C10H13N3O5.